The number of ether oxygens (including phenoxy) is 1. The van der Waals surface area contributed by atoms with Crippen molar-refractivity contribution >= 4 is 5.91 Å². The van der Waals surface area contributed by atoms with Gasteiger partial charge in [-0.1, -0.05) is 140 Å². The average molecular weight is 620 g/mol. The molecule has 1 heterocycles. The van der Waals surface area contributed by atoms with Crippen molar-refractivity contribution in [2.24, 2.45) is 0 Å². The highest BCUT2D eigenvalue weighted by atomic mass is 16.6. The van der Waals surface area contributed by atoms with Crippen LogP contribution in [-0.2, 0) is 9.53 Å². The first-order chi connectivity index (χ1) is 21.5. The Labute approximate surface area is 270 Å². The largest absolute Gasteiger partial charge is 0.394 e. The van der Waals surface area contributed by atoms with Crippen LogP contribution in [0.2, 0.25) is 0 Å². The first-order valence-electron chi connectivity index (χ1n) is 18.4. The number of allylic oxidation sites excluding steroid dienone is 5. The fourth-order valence-corrected chi connectivity index (χ4v) is 5.66. The molecule has 44 heavy (non-hydrogen) atoms. The van der Waals surface area contributed by atoms with Gasteiger partial charge in [-0.3, -0.25) is 4.79 Å². The molecular weight excluding hydrogens is 550 g/mol. The monoisotopic (exact) mass is 620 g/mol. The molecule has 6 heteroatoms. The van der Waals surface area contributed by atoms with E-state index in [0.717, 1.165) is 44.9 Å². The molecule has 1 aliphatic heterocycles. The van der Waals surface area contributed by atoms with Crippen molar-refractivity contribution in [1.29, 1.82) is 0 Å². The van der Waals surface area contributed by atoms with Crippen molar-refractivity contribution in [3.63, 3.8) is 0 Å². The van der Waals surface area contributed by atoms with E-state index < -0.39 is 24.9 Å². The Bertz CT molecular complexity index is 752. The van der Waals surface area contributed by atoms with Crippen LogP contribution in [0.3, 0.4) is 0 Å². The second-order valence-electron chi connectivity index (χ2n) is 12.8. The zero-order valence-corrected chi connectivity index (χ0v) is 28.5. The zero-order chi connectivity index (χ0) is 32.1. The molecule has 4 unspecified atom stereocenters. The van der Waals surface area contributed by atoms with Gasteiger partial charge in [-0.2, -0.15) is 0 Å². The molecular formula is C38H69NO5. The lowest BCUT2D eigenvalue weighted by Gasteiger charge is -2.26. The van der Waals surface area contributed by atoms with Crippen molar-refractivity contribution in [1.82, 2.24) is 5.32 Å². The van der Waals surface area contributed by atoms with Crippen molar-refractivity contribution in [3.05, 3.63) is 36.5 Å². The Hall–Kier alpha value is -1.47. The molecule has 1 saturated heterocycles. The maximum atomic E-state index is 12.4. The number of carbonyl (C=O) groups excluding carboxylic acids is 1. The maximum absolute atomic E-state index is 12.4. The number of amides is 1. The number of hydrogen-bond acceptors (Lipinski definition) is 5. The smallest absolute Gasteiger partial charge is 0.220 e. The Morgan fingerprint density at radius 2 is 1.25 bits per heavy atom. The van der Waals surface area contributed by atoms with Crippen molar-refractivity contribution in [3.8, 4) is 0 Å². The number of rotatable bonds is 31. The predicted molar refractivity (Wildman–Crippen MR) is 185 cm³/mol. The second kappa shape index (κ2) is 29.0. The van der Waals surface area contributed by atoms with Crippen LogP contribution in [0.5, 0.6) is 0 Å². The molecule has 0 aromatic heterocycles. The van der Waals surface area contributed by atoms with Gasteiger partial charge in [-0.15, -0.1) is 0 Å². The molecule has 1 aliphatic rings. The fourth-order valence-electron chi connectivity index (χ4n) is 5.66. The highest BCUT2D eigenvalue weighted by Crippen LogP contribution is 2.30. The Morgan fingerprint density at radius 3 is 1.86 bits per heavy atom. The highest BCUT2D eigenvalue weighted by molar-refractivity contribution is 5.76. The number of nitrogens with one attached hydrogen (secondary N) is 1. The van der Waals surface area contributed by atoms with Gasteiger partial charge >= 0.3 is 0 Å². The van der Waals surface area contributed by atoms with Gasteiger partial charge in [0.2, 0.25) is 5.91 Å². The average Bonchev–Trinajstić information content (AvgIpc) is 3.78. The van der Waals surface area contributed by atoms with Gasteiger partial charge in [-0.05, 0) is 51.4 Å². The molecule has 5 atom stereocenters. The standard InChI is InChI=1S/C38H69NO5/c1-3-5-7-9-11-13-15-17-19-21-23-25-28-34(41)38(43)33(32-40)39-37(42)31-27-30-36-35(44-36)29-26-24-22-20-18-16-14-12-10-8-6-4-2/h12,14,18,20,24,26,33-36,38,40-41,43H,3-11,13,15-17,19,21-23,25,27-32H2,1-2H3,(H,39,42)/b14-12-,20-18-,26-24-/t33-,34?,35?,36?,38?/m0/s1. The molecule has 0 saturated carbocycles. The molecule has 0 aromatic carbocycles. The minimum absolute atomic E-state index is 0.206. The SMILES string of the molecule is CCCCC/C=C\C/C=C\C/C=C\CC1OC1CCCC(=O)N[C@@H](CO)C(O)C(O)CCCCCCCCCCCCCC. The quantitative estimate of drug-likeness (QED) is 0.0353. The summed E-state index contributed by atoms with van der Waals surface area (Å²) in [5, 5.41) is 33.4. The van der Waals surface area contributed by atoms with Crippen LogP contribution >= 0.6 is 0 Å². The Kier molecular flexibility index (Phi) is 26.7. The molecule has 1 fully saturated rings. The lowest BCUT2D eigenvalue weighted by atomic mass is 9.99. The first-order valence-corrected chi connectivity index (χ1v) is 18.4. The number of carbonyl (C=O) groups is 1. The van der Waals surface area contributed by atoms with E-state index in [2.05, 4.69) is 55.6 Å². The van der Waals surface area contributed by atoms with E-state index in [4.69, 9.17) is 4.74 Å². The highest BCUT2D eigenvalue weighted by Gasteiger charge is 2.36. The van der Waals surface area contributed by atoms with Crippen LogP contribution in [-0.4, -0.2) is 58.3 Å². The summed E-state index contributed by atoms with van der Waals surface area (Å²) < 4.78 is 5.74. The fraction of sp³-hybridized carbons (Fsp3) is 0.816. The number of aliphatic hydroxyl groups is 3. The van der Waals surface area contributed by atoms with E-state index in [1.807, 2.05) is 0 Å². The van der Waals surface area contributed by atoms with Gasteiger partial charge in [0.25, 0.3) is 0 Å². The van der Waals surface area contributed by atoms with Gasteiger partial charge in [-0.25, -0.2) is 0 Å². The zero-order valence-electron chi connectivity index (χ0n) is 28.5. The summed E-state index contributed by atoms with van der Waals surface area (Å²) in [4.78, 5) is 12.4. The molecule has 0 spiro atoms. The first kappa shape index (κ1) is 40.6. The minimum atomic E-state index is -1.17. The van der Waals surface area contributed by atoms with Gasteiger partial charge < -0.3 is 25.4 Å². The van der Waals surface area contributed by atoms with Crippen molar-refractivity contribution in [2.75, 3.05) is 6.61 Å². The summed E-state index contributed by atoms with van der Waals surface area (Å²) in [6, 6.07) is -0.847. The van der Waals surface area contributed by atoms with Gasteiger partial charge in [0, 0.05) is 6.42 Å². The minimum Gasteiger partial charge on any atom is -0.394 e. The molecule has 0 aromatic rings. The van der Waals surface area contributed by atoms with E-state index in [1.54, 1.807) is 0 Å². The molecule has 6 nitrogen and oxygen atoms in total. The van der Waals surface area contributed by atoms with E-state index >= 15 is 0 Å². The Morgan fingerprint density at radius 1 is 0.705 bits per heavy atom. The van der Waals surface area contributed by atoms with Crippen LogP contribution in [0.4, 0.5) is 0 Å². The summed E-state index contributed by atoms with van der Waals surface area (Å²) in [6.45, 7) is 4.09. The van der Waals surface area contributed by atoms with Crippen LogP contribution < -0.4 is 5.32 Å². The molecule has 0 aliphatic carbocycles. The lowest BCUT2D eigenvalue weighted by Crippen LogP contribution is -2.50. The lowest BCUT2D eigenvalue weighted by molar-refractivity contribution is -0.124. The third-order valence-electron chi connectivity index (χ3n) is 8.67. The van der Waals surface area contributed by atoms with Gasteiger partial charge in [0.1, 0.15) is 6.10 Å². The maximum Gasteiger partial charge on any atom is 0.220 e. The summed E-state index contributed by atoms with van der Waals surface area (Å²) in [5.41, 5.74) is 0. The number of aliphatic hydroxyl groups excluding tert-OH is 3. The van der Waals surface area contributed by atoms with Crippen molar-refractivity contribution in [2.45, 2.75) is 192 Å². The van der Waals surface area contributed by atoms with Gasteiger partial charge in [0.05, 0.1) is 31.0 Å². The summed E-state index contributed by atoms with van der Waals surface area (Å²) >= 11 is 0. The normalized spacial score (nSPS) is 18.8. The summed E-state index contributed by atoms with van der Waals surface area (Å²) in [7, 11) is 0. The van der Waals surface area contributed by atoms with Crippen LogP contribution in [0, 0.1) is 0 Å². The van der Waals surface area contributed by atoms with Gasteiger partial charge in [0.15, 0.2) is 0 Å². The number of hydrogen-bond donors (Lipinski definition) is 4. The molecule has 0 radical (unpaired) electrons. The molecule has 0 bridgehead atoms. The molecule has 1 amide bonds. The van der Waals surface area contributed by atoms with Crippen LogP contribution in [0.1, 0.15) is 162 Å². The van der Waals surface area contributed by atoms with E-state index in [9.17, 15) is 20.1 Å². The second-order valence-corrected chi connectivity index (χ2v) is 12.8. The number of epoxide rings is 1. The van der Waals surface area contributed by atoms with E-state index in [-0.39, 0.29) is 18.1 Å². The summed E-state index contributed by atoms with van der Waals surface area (Å²) in [5.74, 6) is -0.208. The number of unbranched alkanes of at least 4 members (excludes halogenated alkanes) is 14. The topological polar surface area (TPSA) is 102 Å². The third kappa shape index (κ3) is 23.0. The van der Waals surface area contributed by atoms with Crippen LogP contribution in [0.25, 0.3) is 0 Å². The molecule has 256 valence electrons. The molecule has 1 rings (SSSR count). The third-order valence-corrected chi connectivity index (χ3v) is 8.67. The predicted octanol–water partition coefficient (Wildman–Crippen LogP) is 8.63. The molecule has 4 N–H and O–H groups in total. The summed E-state index contributed by atoms with van der Waals surface area (Å²) in [6.07, 6.45) is 36.8. The van der Waals surface area contributed by atoms with E-state index in [0.29, 0.717) is 19.3 Å². The van der Waals surface area contributed by atoms with Crippen molar-refractivity contribution < 1.29 is 24.9 Å². The Balaban J connectivity index is 2.04. The van der Waals surface area contributed by atoms with Crippen LogP contribution in [0.15, 0.2) is 36.5 Å². The van der Waals surface area contributed by atoms with E-state index in [1.165, 1.54) is 83.5 Å².